The number of esters is 1. The zero-order valence-corrected chi connectivity index (χ0v) is 16.0. The minimum absolute atomic E-state index is 0.00804. The Kier molecular flexibility index (Phi) is 7.75. The molecule has 1 aromatic rings. The zero-order chi connectivity index (χ0) is 19.7. The van der Waals surface area contributed by atoms with Crippen LogP contribution in [0.4, 0.5) is 0 Å². The Bertz CT molecular complexity index is 788. The summed E-state index contributed by atoms with van der Waals surface area (Å²) in [4.78, 5) is 24.7. The van der Waals surface area contributed by atoms with Gasteiger partial charge in [0.2, 0.25) is 0 Å². The van der Waals surface area contributed by atoms with Crippen molar-refractivity contribution in [1.82, 2.24) is 5.32 Å². The number of aliphatic hydroxyl groups excluding tert-OH is 1. The summed E-state index contributed by atoms with van der Waals surface area (Å²) >= 11 is 1.64. The summed E-state index contributed by atoms with van der Waals surface area (Å²) in [6.45, 7) is 0.00804. The molecule has 0 bridgehead atoms. The second-order valence-corrected chi connectivity index (χ2v) is 6.78. The molecule has 0 aliphatic carbocycles. The molecule has 1 fully saturated rings. The van der Waals surface area contributed by atoms with Crippen LogP contribution in [0.2, 0.25) is 0 Å². The first kappa shape index (κ1) is 20.9. The molecule has 2 N–H and O–H groups in total. The van der Waals surface area contributed by atoms with Crippen LogP contribution in [0.25, 0.3) is 0 Å². The molecule has 27 heavy (non-hydrogen) atoms. The number of carbonyl (C=O) groups excluding carboxylic acids is 2. The summed E-state index contributed by atoms with van der Waals surface area (Å²) in [5.41, 5.74) is 0.365. The average molecular weight is 387 g/mol. The van der Waals surface area contributed by atoms with Crippen molar-refractivity contribution in [3.05, 3.63) is 35.4 Å². The number of ether oxygens (including phenoxy) is 2. The lowest BCUT2D eigenvalue weighted by Gasteiger charge is -2.44. The Morgan fingerprint density at radius 1 is 1.26 bits per heavy atom. The lowest BCUT2D eigenvalue weighted by molar-refractivity contribution is -0.150. The molecule has 1 atom stereocenters. The van der Waals surface area contributed by atoms with Crippen molar-refractivity contribution in [2.75, 3.05) is 32.3 Å². The van der Waals surface area contributed by atoms with E-state index in [2.05, 4.69) is 29.0 Å². The third kappa shape index (κ3) is 5.27. The van der Waals surface area contributed by atoms with Crippen LogP contribution < -0.4 is 5.32 Å². The van der Waals surface area contributed by atoms with Gasteiger partial charge in [-0.1, -0.05) is 11.8 Å². The van der Waals surface area contributed by atoms with Gasteiger partial charge in [-0.2, -0.15) is 11.8 Å². The average Bonchev–Trinajstić information content (AvgIpc) is 2.66. The van der Waals surface area contributed by atoms with Gasteiger partial charge in [0.15, 0.2) is 6.04 Å². The van der Waals surface area contributed by atoms with E-state index in [1.807, 2.05) is 0 Å². The molecule has 0 aromatic heterocycles. The molecule has 1 aromatic carbocycles. The highest BCUT2D eigenvalue weighted by Gasteiger charge is 2.50. The highest BCUT2D eigenvalue weighted by molar-refractivity contribution is 8.00. The highest BCUT2D eigenvalue weighted by Crippen LogP contribution is 2.36. The number of hydrogen-bond acceptors (Lipinski definition) is 6. The molecule has 0 saturated carbocycles. The van der Waals surface area contributed by atoms with Gasteiger partial charge in [-0.15, -0.1) is 0 Å². The van der Waals surface area contributed by atoms with Crippen molar-refractivity contribution >= 4 is 23.6 Å². The standard InChI is InChI=1S/C20H21NO5S/c1-25-19(24)17(20(26-2)13-27-14-20)21-18(23)16-10-8-15(9-11-16)7-5-3-4-6-12-22/h8-11,17,22H,6,12-14H2,1-2H3,(H,21,23). The molecule has 7 heteroatoms. The largest absolute Gasteiger partial charge is 0.467 e. The molecule has 1 amide bonds. The van der Waals surface area contributed by atoms with Crippen LogP contribution in [-0.2, 0) is 14.3 Å². The fourth-order valence-corrected chi connectivity index (χ4v) is 3.59. The smallest absolute Gasteiger partial charge is 0.331 e. The summed E-state index contributed by atoms with van der Waals surface area (Å²) in [5, 5.41) is 11.4. The van der Waals surface area contributed by atoms with Crippen molar-refractivity contribution in [2.45, 2.75) is 18.1 Å². The number of carbonyl (C=O) groups is 2. The van der Waals surface area contributed by atoms with Crippen LogP contribution in [0.15, 0.2) is 24.3 Å². The van der Waals surface area contributed by atoms with E-state index >= 15 is 0 Å². The van der Waals surface area contributed by atoms with Gasteiger partial charge in [-0.05, 0) is 36.1 Å². The first-order valence-electron chi connectivity index (χ1n) is 8.27. The molecule has 1 saturated heterocycles. The number of benzene rings is 1. The van der Waals surface area contributed by atoms with Gasteiger partial charge < -0.3 is 19.9 Å². The molecular formula is C20H21NO5S. The van der Waals surface area contributed by atoms with Crippen molar-refractivity contribution in [3.63, 3.8) is 0 Å². The van der Waals surface area contributed by atoms with Gasteiger partial charge in [0, 0.05) is 36.2 Å². The predicted molar refractivity (Wildman–Crippen MR) is 103 cm³/mol. The van der Waals surface area contributed by atoms with E-state index in [0.717, 1.165) is 0 Å². The van der Waals surface area contributed by atoms with Crippen molar-refractivity contribution in [2.24, 2.45) is 0 Å². The van der Waals surface area contributed by atoms with E-state index in [9.17, 15) is 9.59 Å². The number of methoxy groups -OCH3 is 2. The summed E-state index contributed by atoms with van der Waals surface area (Å²) in [6.07, 6.45) is 0.386. The first-order chi connectivity index (χ1) is 13.1. The molecule has 1 unspecified atom stereocenters. The normalized spacial score (nSPS) is 15.1. The van der Waals surface area contributed by atoms with Crippen LogP contribution in [0.1, 0.15) is 22.3 Å². The molecule has 2 rings (SSSR count). The molecule has 6 nitrogen and oxygen atoms in total. The maximum atomic E-state index is 12.6. The van der Waals surface area contributed by atoms with Crippen molar-refractivity contribution < 1.29 is 24.2 Å². The van der Waals surface area contributed by atoms with E-state index in [4.69, 9.17) is 14.6 Å². The third-order valence-corrected chi connectivity index (χ3v) is 5.46. The van der Waals surface area contributed by atoms with Crippen LogP contribution in [0.3, 0.4) is 0 Å². The lowest BCUT2D eigenvalue weighted by Crippen LogP contribution is -2.65. The second kappa shape index (κ2) is 10.0. The molecule has 142 valence electrons. The minimum atomic E-state index is -0.873. The summed E-state index contributed by atoms with van der Waals surface area (Å²) in [6, 6.07) is 5.79. The predicted octanol–water partition coefficient (Wildman–Crippen LogP) is 0.827. The van der Waals surface area contributed by atoms with E-state index in [1.54, 1.807) is 36.0 Å². The number of amides is 1. The van der Waals surface area contributed by atoms with Gasteiger partial charge in [-0.25, -0.2) is 4.79 Å². The fraction of sp³-hybridized carbons (Fsp3) is 0.400. The van der Waals surface area contributed by atoms with Crippen molar-refractivity contribution in [3.8, 4) is 23.7 Å². The Labute approximate surface area is 163 Å². The third-order valence-electron chi connectivity index (χ3n) is 4.08. The SMILES string of the molecule is COC(=O)C(NC(=O)c1ccc(C#CC#CCCO)cc1)C1(OC)CSC1. The Hall–Kier alpha value is -2.45. The molecule has 0 spiro atoms. The monoisotopic (exact) mass is 387 g/mol. The highest BCUT2D eigenvalue weighted by atomic mass is 32.2. The van der Waals surface area contributed by atoms with Crippen LogP contribution in [0, 0.1) is 23.7 Å². The van der Waals surface area contributed by atoms with Gasteiger partial charge in [0.05, 0.1) is 13.7 Å². The number of hydrogen-bond donors (Lipinski definition) is 2. The van der Waals surface area contributed by atoms with Crippen LogP contribution >= 0.6 is 11.8 Å². The Morgan fingerprint density at radius 2 is 1.96 bits per heavy atom. The fourth-order valence-electron chi connectivity index (χ4n) is 2.41. The van der Waals surface area contributed by atoms with Gasteiger partial charge >= 0.3 is 5.97 Å². The van der Waals surface area contributed by atoms with Gasteiger partial charge in [0.1, 0.15) is 5.60 Å². The molecule has 1 aliphatic rings. The first-order valence-corrected chi connectivity index (χ1v) is 9.43. The van der Waals surface area contributed by atoms with Gasteiger partial charge in [-0.3, -0.25) is 4.79 Å². The maximum absolute atomic E-state index is 12.6. The van der Waals surface area contributed by atoms with E-state index in [-0.39, 0.29) is 12.5 Å². The topological polar surface area (TPSA) is 84.9 Å². The quantitative estimate of drug-likeness (QED) is 0.556. The number of aliphatic hydroxyl groups is 1. The molecule has 0 radical (unpaired) electrons. The molecule has 1 heterocycles. The Balaban J connectivity index is 2.08. The van der Waals surface area contributed by atoms with Crippen LogP contribution in [0.5, 0.6) is 0 Å². The number of rotatable bonds is 6. The van der Waals surface area contributed by atoms with Crippen molar-refractivity contribution in [1.29, 1.82) is 0 Å². The van der Waals surface area contributed by atoms with E-state index < -0.39 is 17.6 Å². The minimum Gasteiger partial charge on any atom is -0.467 e. The van der Waals surface area contributed by atoms with Gasteiger partial charge in [0.25, 0.3) is 5.91 Å². The maximum Gasteiger partial charge on any atom is 0.331 e. The number of thioether (sulfide) groups is 1. The van der Waals surface area contributed by atoms with E-state index in [1.165, 1.54) is 14.2 Å². The van der Waals surface area contributed by atoms with E-state index in [0.29, 0.717) is 29.1 Å². The summed E-state index contributed by atoms with van der Waals surface area (Å²) < 4.78 is 10.3. The number of nitrogens with one attached hydrogen (secondary N) is 1. The summed E-state index contributed by atoms with van der Waals surface area (Å²) in [7, 11) is 2.81. The lowest BCUT2D eigenvalue weighted by atomic mass is 9.96. The second-order valence-electron chi connectivity index (χ2n) is 5.79. The molecule has 1 aliphatic heterocycles. The molecular weight excluding hydrogens is 366 g/mol. The Morgan fingerprint density at radius 3 is 2.48 bits per heavy atom. The van der Waals surface area contributed by atoms with Crippen LogP contribution in [-0.4, -0.2) is 61.0 Å². The summed E-state index contributed by atoms with van der Waals surface area (Å²) in [5.74, 6) is 11.2. The zero-order valence-electron chi connectivity index (χ0n) is 15.2.